The first-order valence-electron chi connectivity index (χ1n) is 10.6. The van der Waals surface area contributed by atoms with Crippen LogP contribution in [-0.2, 0) is 11.3 Å². The van der Waals surface area contributed by atoms with Crippen molar-refractivity contribution in [3.05, 3.63) is 82.7 Å². The van der Waals surface area contributed by atoms with Crippen molar-refractivity contribution < 1.29 is 18.4 Å². The van der Waals surface area contributed by atoms with E-state index in [0.29, 0.717) is 22.6 Å². The second-order valence-electron chi connectivity index (χ2n) is 7.74. The zero-order chi connectivity index (χ0) is 24.5. The minimum atomic E-state index is -0.516. The highest BCUT2D eigenvalue weighted by molar-refractivity contribution is 5.92. The number of aromatic nitrogens is 5. The van der Waals surface area contributed by atoms with Crippen LogP contribution in [0.1, 0.15) is 5.56 Å². The van der Waals surface area contributed by atoms with Crippen molar-refractivity contribution in [3.63, 3.8) is 0 Å². The Kier molecular flexibility index (Phi) is 5.57. The summed E-state index contributed by atoms with van der Waals surface area (Å²) in [5, 5.41) is 11.0. The van der Waals surface area contributed by atoms with Gasteiger partial charge in [-0.3, -0.25) is 4.79 Å². The van der Waals surface area contributed by atoms with Crippen molar-refractivity contribution in [1.82, 2.24) is 24.3 Å². The number of benzene rings is 2. The molecule has 0 aliphatic heterocycles. The number of ether oxygens (including phenoxy) is 1. The third kappa shape index (κ3) is 4.26. The van der Waals surface area contributed by atoms with Gasteiger partial charge >= 0.3 is 5.69 Å². The number of nitrogens with zero attached hydrogens (tertiary/aromatic N) is 5. The van der Waals surface area contributed by atoms with E-state index in [1.807, 2.05) is 13.0 Å². The molecule has 176 valence electrons. The maximum absolute atomic E-state index is 13.6. The van der Waals surface area contributed by atoms with Gasteiger partial charge < -0.3 is 14.6 Å². The van der Waals surface area contributed by atoms with E-state index in [4.69, 9.17) is 9.26 Å². The van der Waals surface area contributed by atoms with E-state index in [-0.39, 0.29) is 23.9 Å². The molecule has 0 fully saturated rings. The van der Waals surface area contributed by atoms with E-state index >= 15 is 0 Å². The zero-order valence-corrected chi connectivity index (χ0v) is 18.7. The highest BCUT2D eigenvalue weighted by atomic mass is 19.1. The minimum Gasteiger partial charge on any atom is -0.495 e. The molecule has 0 aliphatic rings. The Balaban J connectivity index is 1.45. The third-order valence-corrected chi connectivity index (χ3v) is 5.27. The lowest BCUT2D eigenvalue weighted by Gasteiger charge is -2.10. The van der Waals surface area contributed by atoms with E-state index < -0.39 is 17.4 Å². The Morgan fingerprint density at radius 1 is 1.17 bits per heavy atom. The summed E-state index contributed by atoms with van der Waals surface area (Å²) in [5.41, 5.74) is 1.97. The van der Waals surface area contributed by atoms with Crippen LogP contribution >= 0.6 is 0 Å². The van der Waals surface area contributed by atoms with Crippen LogP contribution in [0, 0.1) is 12.7 Å². The summed E-state index contributed by atoms with van der Waals surface area (Å²) >= 11 is 0. The first kappa shape index (κ1) is 22.0. The molecule has 0 saturated carbocycles. The number of hydrogen-bond acceptors (Lipinski definition) is 7. The fraction of sp³-hybridized carbons (Fsp3) is 0.125. The first-order valence-corrected chi connectivity index (χ1v) is 10.6. The standard InChI is InChI=1S/C24H19FN6O4/c1-14-8-9-19(34-2)18(11-14)26-20(32)13-31-24(33)30-10-4-7-17(22(30)28-31)23-27-21(29-35-23)15-5-3-6-16(25)12-15/h3-12H,13H2,1-2H3,(H,26,32). The number of amides is 1. The maximum atomic E-state index is 13.6. The predicted octanol–water partition coefficient (Wildman–Crippen LogP) is 3.31. The van der Waals surface area contributed by atoms with Gasteiger partial charge in [0, 0.05) is 11.8 Å². The molecular formula is C24H19FN6O4. The van der Waals surface area contributed by atoms with Gasteiger partial charge in [-0.2, -0.15) is 4.98 Å². The lowest BCUT2D eigenvalue weighted by molar-refractivity contribution is -0.117. The molecule has 0 saturated heterocycles. The van der Waals surface area contributed by atoms with Crippen LogP contribution in [0.5, 0.6) is 5.75 Å². The molecule has 0 radical (unpaired) electrons. The van der Waals surface area contributed by atoms with Crippen molar-refractivity contribution in [2.75, 3.05) is 12.4 Å². The molecule has 5 aromatic rings. The molecule has 3 heterocycles. The van der Waals surface area contributed by atoms with Gasteiger partial charge in [-0.1, -0.05) is 23.4 Å². The molecule has 2 aromatic carbocycles. The fourth-order valence-corrected chi connectivity index (χ4v) is 3.63. The van der Waals surface area contributed by atoms with E-state index in [0.717, 1.165) is 10.2 Å². The molecule has 35 heavy (non-hydrogen) atoms. The zero-order valence-electron chi connectivity index (χ0n) is 18.7. The normalized spacial score (nSPS) is 11.1. The van der Waals surface area contributed by atoms with Gasteiger partial charge in [0.2, 0.25) is 11.7 Å². The number of nitrogens with one attached hydrogen (secondary N) is 1. The number of anilines is 1. The third-order valence-electron chi connectivity index (χ3n) is 5.27. The van der Waals surface area contributed by atoms with Gasteiger partial charge in [0.05, 0.1) is 18.4 Å². The Bertz CT molecular complexity index is 1620. The lowest BCUT2D eigenvalue weighted by Crippen LogP contribution is -2.28. The summed E-state index contributed by atoms with van der Waals surface area (Å²) in [5.74, 6) is -0.0928. The second-order valence-corrected chi connectivity index (χ2v) is 7.74. The summed E-state index contributed by atoms with van der Waals surface area (Å²) in [7, 11) is 1.51. The lowest BCUT2D eigenvalue weighted by atomic mass is 10.2. The van der Waals surface area contributed by atoms with Crippen molar-refractivity contribution in [2.24, 2.45) is 0 Å². The molecule has 3 aromatic heterocycles. The van der Waals surface area contributed by atoms with Crippen molar-refractivity contribution in [3.8, 4) is 28.6 Å². The molecular weight excluding hydrogens is 455 g/mol. The molecule has 0 aliphatic carbocycles. The van der Waals surface area contributed by atoms with Crippen molar-refractivity contribution >= 4 is 17.2 Å². The Morgan fingerprint density at radius 3 is 2.83 bits per heavy atom. The molecule has 0 bridgehead atoms. The molecule has 0 spiro atoms. The van der Waals surface area contributed by atoms with Gasteiger partial charge in [-0.05, 0) is 48.9 Å². The summed E-state index contributed by atoms with van der Waals surface area (Å²) in [6, 6.07) is 14.5. The van der Waals surface area contributed by atoms with Crippen LogP contribution in [0.2, 0.25) is 0 Å². The number of carbonyl (C=O) groups excluding carboxylic acids is 1. The molecule has 11 heteroatoms. The van der Waals surface area contributed by atoms with Crippen LogP contribution in [0.4, 0.5) is 10.1 Å². The average Bonchev–Trinajstić information content (AvgIpc) is 3.45. The topological polar surface area (TPSA) is 117 Å². The number of methoxy groups -OCH3 is 1. The highest BCUT2D eigenvalue weighted by Gasteiger charge is 2.19. The molecule has 10 nitrogen and oxygen atoms in total. The first-order chi connectivity index (χ1) is 16.9. The van der Waals surface area contributed by atoms with Gasteiger partial charge in [-0.25, -0.2) is 18.3 Å². The molecule has 0 unspecified atom stereocenters. The number of rotatable bonds is 6. The molecule has 1 amide bonds. The Morgan fingerprint density at radius 2 is 2.03 bits per heavy atom. The molecule has 0 atom stereocenters. The van der Waals surface area contributed by atoms with Crippen molar-refractivity contribution in [1.29, 1.82) is 0 Å². The van der Waals surface area contributed by atoms with Crippen LogP contribution in [0.15, 0.2) is 70.1 Å². The number of carbonyl (C=O) groups is 1. The maximum Gasteiger partial charge on any atom is 0.350 e. The number of hydrogen-bond donors (Lipinski definition) is 1. The monoisotopic (exact) mass is 474 g/mol. The quantitative estimate of drug-likeness (QED) is 0.401. The summed E-state index contributed by atoms with van der Waals surface area (Å²) in [6.45, 7) is 1.57. The number of pyridine rings is 1. The predicted molar refractivity (Wildman–Crippen MR) is 124 cm³/mol. The largest absolute Gasteiger partial charge is 0.495 e. The smallest absolute Gasteiger partial charge is 0.350 e. The van der Waals surface area contributed by atoms with Crippen LogP contribution in [0.25, 0.3) is 28.5 Å². The number of halogens is 1. The summed E-state index contributed by atoms with van der Waals surface area (Å²) < 4.78 is 26.5. The van der Waals surface area contributed by atoms with E-state index in [2.05, 4.69) is 20.6 Å². The van der Waals surface area contributed by atoms with Gasteiger partial charge in [0.15, 0.2) is 5.65 Å². The van der Waals surface area contributed by atoms with E-state index in [1.165, 1.54) is 29.8 Å². The minimum absolute atomic E-state index is 0.0981. The van der Waals surface area contributed by atoms with E-state index in [9.17, 15) is 14.0 Å². The van der Waals surface area contributed by atoms with Crippen LogP contribution in [0.3, 0.4) is 0 Å². The average molecular weight is 474 g/mol. The highest BCUT2D eigenvalue weighted by Crippen LogP contribution is 2.26. The molecule has 1 N–H and O–H groups in total. The van der Waals surface area contributed by atoms with Gasteiger partial charge in [0.25, 0.3) is 5.89 Å². The number of fused-ring (bicyclic) bond motifs is 1. The van der Waals surface area contributed by atoms with Crippen molar-refractivity contribution in [2.45, 2.75) is 13.5 Å². The van der Waals surface area contributed by atoms with Crippen LogP contribution < -0.4 is 15.7 Å². The summed E-state index contributed by atoms with van der Waals surface area (Å²) in [6.07, 6.45) is 1.52. The second kappa shape index (κ2) is 8.86. The van der Waals surface area contributed by atoms with Crippen LogP contribution in [-0.4, -0.2) is 37.3 Å². The van der Waals surface area contributed by atoms with E-state index in [1.54, 1.807) is 36.4 Å². The summed E-state index contributed by atoms with van der Waals surface area (Å²) in [4.78, 5) is 29.9. The Hall–Kier alpha value is -4.80. The fourth-order valence-electron chi connectivity index (χ4n) is 3.63. The number of aryl methyl sites for hydroxylation is 1. The Labute approximate surface area is 197 Å². The molecule has 5 rings (SSSR count). The van der Waals surface area contributed by atoms with Gasteiger partial charge in [0.1, 0.15) is 18.1 Å². The SMILES string of the molecule is COc1ccc(C)cc1NC(=O)Cn1nc2c(-c3nc(-c4cccc(F)c4)no3)cccn2c1=O. The van der Waals surface area contributed by atoms with Gasteiger partial charge in [-0.15, -0.1) is 5.10 Å².